The number of rotatable bonds is 5. The Bertz CT molecular complexity index is 756. The van der Waals surface area contributed by atoms with Crippen molar-refractivity contribution < 1.29 is 13.9 Å². The second kappa shape index (κ2) is 6.87. The first-order chi connectivity index (χ1) is 11.2. The molecule has 118 valence electrons. The standard InChI is InChI=1S/C18H16FNO2S/c1-2-22-14-7-8-16-15(9-14)18(21)17(23-16)11-20-10-12-3-5-13(19)6-4-12/h3-9,11,20H,2,10H2,1H3/b17-11-. The number of benzene rings is 2. The molecule has 0 unspecified atom stereocenters. The molecular weight excluding hydrogens is 313 g/mol. The minimum Gasteiger partial charge on any atom is -0.494 e. The largest absolute Gasteiger partial charge is 0.494 e. The van der Waals surface area contributed by atoms with E-state index in [1.165, 1.54) is 23.9 Å². The van der Waals surface area contributed by atoms with E-state index in [0.717, 1.165) is 10.5 Å². The molecule has 1 aliphatic heterocycles. The fourth-order valence-corrected chi connectivity index (χ4v) is 3.27. The number of allylic oxidation sites excluding steroid dienone is 1. The van der Waals surface area contributed by atoms with Gasteiger partial charge < -0.3 is 10.1 Å². The highest BCUT2D eigenvalue weighted by Crippen LogP contribution is 2.41. The van der Waals surface area contributed by atoms with E-state index in [1.807, 2.05) is 19.1 Å². The third-order valence-electron chi connectivity index (χ3n) is 3.40. The third-order valence-corrected chi connectivity index (χ3v) is 4.50. The predicted octanol–water partition coefficient (Wildman–Crippen LogP) is 4.14. The van der Waals surface area contributed by atoms with Crippen LogP contribution in [-0.4, -0.2) is 12.4 Å². The summed E-state index contributed by atoms with van der Waals surface area (Å²) < 4.78 is 18.3. The molecule has 0 amide bonds. The zero-order valence-electron chi connectivity index (χ0n) is 12.6. The second-order valence-corrected chi connectivity index (χ2v) is 6.12. The second-order valence-electron chi connectivity index (χ2n) is 5.04. The fraction of sp³-hybridized carbons (Fsp3) is 0.167. The lowest BCUT2D eigenvalue weighted by atomic mass is 10.1. The van der Waals surface area contributed by atoms with Gasteiger partial charge in [0.25, 0.3) is 0 Å². The summed E-state index contributed by atoms with van der Waals surface area (Å²) in [4.78, 5) is 14.0. The molecule has 0 aliphatic carbocycles. The maximum absolute atomic E-state index is 12.9. The molecule has 1 aliphatic rings. The number of carbonyl (C=O) groups excluding carboxylic acids is 1. The number of carbonyl (C=O) groups is 1. The number of ether oxygens (including phenoxy) is 1. The lowest BCUT2D eigenvalue weighted by molar-refractivity contribution is 0.104. The minimum absolute atomic E-state index is 0.00170. The van der Waals surface area contributed by atoms with E-state index in [0.29, 0.717) is 29.4 Å². The number of hydrogen-bond donors (Lipinski definition) is 1. The Kier molecular flexibility index (Phi) is 4.67. The van der Waals surface area contributed by atoms with Crippen LogP contribution in [0.25, 0.3) is 0 Å². The van der Waals surface area contributed by atoms with Crippen LogP contribution in [0.2, 0.25) is 0 Å². The van der Waals surface area contributed by atoms with Gasteiger partial charge in [0.15, 0.2) is 0 Å². The van der Waals surface area contributed by atoms with Crippen molar-refractivity contribution in [2.75, 3.05) is 6.61 Å². The Morgan fingerprint density at radius 3 is 2.74 bits per heavy atom. The zero-order chi connectivity index (χ0) is 16.2. The third kappa shape index (κ3) is 3.56. The van der Waals surface area contributed by atoms with Gasteiger partial charge >= 0.3 is 0 Å². The Balaban J connectivity index is 1.67. The maximum Gasteiger partial charge on any atom is 0.202 e. The molecule has 0 fully saturated rings. The first-order valence-corrected chi connectivity index (χ1v) is 8.16. The van der Waals surface area contributed by atoms with Crippen molar-refractivity contribution in [2.45, 2.75) is 18.4 Å². The van der Waals surface area contributed by atoms with Gasteiger partial charge in [-0.15, -0.1) is 0 Å². The topological polar surface area (TPSA) is 38.3 Å². The maximum atomic E-state index is 12.9. The monoisotopic (exact) mass is 329 g/mol. The van der Waals surface area contributed by atoms with E-state index >= 15 is 0 Å². The van der Waals surface area contributed by atoms with Crippen molar-refractivity contribution in [1.82, 2.24) is 5.32 Å². The molecule has 0 atom stereocenters. The van der Waals surface area contributed by atoms with Crippen LogP contribution < -0.4 is 10.1 Å². The number of hydrogen-bond acceptors (Lipinski definition) is 4. The average molecular weight is 329 g/mol. The van der Waals surface area contributed by atoms with Gasteiger partial charge in [0.2, 0.25) is 5.78 Å². The van der Waals surface area contributed by atoms with Crippen molar-refractivity contribution in [3.05, 3.63) is 70.5 Å². The summed E-state index contributed by atoms with van der Waals surface area (Å²) in [6.45, 7) is 3.02. The molecule has 5 heteroatoms. The van der Waals surface area contributed by atoms with Gasteiger partial charge in [-0.25, -0.2) is 4.39 Å². The summed E-state index contributed by atoms with van der Waals surface area (Å²) in [7, 11) is 0. The number of halogens is 1. The van der Waals surface area contributed by atoms with E-state index in [-0.39, 0.29) is 11.6 Å². The quantitative estimate of drug-likeness (QED) is 0.837. The predicted molar refractivity (Wildman–Crippen MR) is 89.1 cm³/mol. The Hall–Kier alpha value is -2.27. The molecule has 1 heterocycles. The molecule has 2 aromatic carbocycles. The van der Waals surface area contributed by atoms with Crippen LogP contribution in [-0.2, 0) is 6.54 Å². The van der Waals surface area contributed by atoms with Crippen molar-refractivity contribution >= 4 is 17.5 Å². The molecule has 23 heavy (non-hydrogen) atoms. The van der Waals surface area contributed by atoms with Gasteiger partial charge in [0.1, 0.15) is 11.6 Å². The van der Waals surface area contributed by atoms with Crippen molar-refractivity contribution in [2.24, 2.45) is 0 Å². The number of Topliss-reactive ketones (excluding diaryl/α,β-unsaturated/α-hetero) is 1. The van der Waals surface area contributed by atoms with Crippen LogP contribution in [0.4, 0.5) is 4.39 Å². The summed E-state index contributed by atoms with van der Waals surface area (Å²) in [5, 5.41) is 3.11. The Morgan fingerprint density at radius 2 is 2.00 bits per heavy atom. The van der Waals surface area contributed by atoms with E-state index in [9.17, 15) is 9.18 Å². The minimum atomic E-state index is -0.255. The number of thioether (sulfide) groups is 1. The molecule has 0 saturated heterocycles. The number of ketones is 1. The van der Waals surface area contributed by atoms with Gasteiger partial charge in [0, 0.05) is 23.2 Å². The van der Waals surface area contributed by atoms with Crippen molar-refractivity contribution in [1.29, 1.82) is 0 Å². The molecule has 3 rings (SSSR count). The van der Waals surface area contributed by atoms with Gasteiger partial charge in [-0.2, -0.15) is 0 Å². The molecule has 2 aromatic rings. The number of fused-ring (bicyclic) bond motifs is 1. The van der Waals surface area contributed by atoms with E-state index in [2.05, 4.69) is 5.32 Å². The number of nitrogens with one attached hydrogen (secondary N) is 1. The van der Waals surface area contributed by atoms with Crippen LogP contribution in [0.15, 0.2) is 58.5 Å². The highest BCUT2D eigenvalue weighted by molar-refractivity contribution is 8.04. The van der Waals surface area contributed by atoms with Crippen LogP contribution >= 0.6 is 11.8 Å². The zero-order valence-corrected chi connectivity index (χ0v) is 13.5. The Labute approximate surface area is 138 Å². The molecule has 3 nitrogen and oxygen atoms in total. The molecule has 0 aromatic heterocycles. The SMILES string of the molecule is CCOc1ccc2c(c1)C(=O)/C(=C/NCc1ccc(F)cc1)S2. The lowest BCUT2D eigenvalue weighted by Gasteiger charge is -2.03. The summed E-state index contributed by atoms with van der Waals surface area (Å²) in [6, 6.07) is 11.8. The smallest absolute Gasteiger partial charge is 0.202 e. The van der Waals surface area contributed by atoms with Gasteiger partial charge in [0.05, 0.1) is 11.5 Å². The first kappa shape index (κ1) is 15.6. The van der Waals surface area contributed by atoms with Crippen molar-refractivity contribution in [3.63, 3.8) is 0 Å². The summed E-state index contributed by atoms with van der Waals surface area (Å²) in [5.74, 6) is 0.452. The molecule has 0 radical (unpaired) electrons. The summed E-state index contributed by atoms with van der Waals surface area (Å²) in [5.41, 5.74) is 1.63. The normalized spacial score (nSPS) is 14.9. The molecule has 0 saturated carbocycles. The molecule has 0 spiro atoms. The molecular formula is C18H16FNO2S. The molecule has 0 bridgehead atoms. The van der Waals surface area contributed by atoms with Crippen molar-refractivity contribution in [3.8, 4) is 5.75 Å². The first-order valence-electron chi connectivity index (χ1n) is 7.35. The van der Waals surface area contributed by atoms with Crippen LogP contribution in [0.3, 0.4) is 0 Å². The van der Waals surface area contributed by atoms with E-state index in [4.69, 9.17) is 4.74 Å². The van der Waals surface area contributed by atoms with Crippen LogP contribution in [0.5, 0.6) is 5.75 Å². The Morgan fingerprint density at radius 1 is 1.22 bits per heavy atom. The van der Waals surface area contributed by atoms with Gasteiger partial charge in [-0.1, -0.05) is 23.9 Å². The highest BCUT2D eigenvalue weighted by Gasteiger charge is 2.26. The van der Waals surface area contributed by atoms with Crippen LogP contribution in [0.1, 0.15) is 22.8 Å². The summed E-state index contributed by atoms with van der Waals surface area (Å²) in [6.07, 6.45) is 1.72. The average Bonchev–Trinajstić information content (AvgIpc) is 2.86. The highest BCUT2D eigenvalue weighted by atomic mass is 32.2. The van der Waals surface area contributed by atoms with Gasteiger partial charge in [-0.05, 0) is 42.8 Å². The van der Waals surface area contributed by atoms with E-state index in [1.54, 1.807) is 24.4 Å². The van der Waals surface area contributed by atoms with Gasteiger partial charge in [-0.3, -0.25) is 4.79 Å². The van der Waals surface area contributed by atoms with E-state index < -0.39 is 0 Å². The molecule has 1 N–H and O–H groups in total. The lowest BCUT2D eigenvalue weighted by Crippen LogP contribution is -2.07. The fourth-order valence-electron chi connectivity index (χ4n) is 2.29. The summed E-state index contributed by atoms with van der Waals surface area (Å²) >= 11 is 1.44. The van der Waals surface area contributed by atoms with Crippen LogP contribution in [0, 0.1) is 5.82 Å².